The monoisotopic (exact) mass is 251 g/mol. The molecule has 18 heavy (non-hydrogen) atoms. The summed E-state index contributed by atoms with van der Waals surface area (Å²) < 4.78 is 24.1. The lowest BCUT2D eigenvalue weighted by atomic mass is 9.98. The van der Waals surface area contributed by atoms with E-state index in [2.05, 4.69) is 4.99 Å². The maximum Gasteiger partial charge on any atom is 0.235 e. The number of hydrogen-bond donors (Lipinski definition) is 0. The van der Waals surface area contributed by atoms with Gasteiger partial charge in [-0.3, -0.25) is 0 Å². The first-order valence-electron chi connectivity index (χ1n) is 5.60. The molecule has 0 aliphatic heterocycles. The molecule has 0 N–H and O–H groups in total. The molecule has 0 radical (unpaired) electrons. The SMILES string of the molecule is COc1c(F)cc(C2(N=C=O)CC2)c(C)c1OC. The number of aliphatic imine (C=N–C) groups is 1. The van der Waals surface area contributed by atoms with Crippen LogP contribution >= 0.6 is 0 Å². The van der Waals surface area contributed by atoms with Gasteiger partial charge in [0, 0.05) is 5.56 Å². The Hall–Kier alpha value is -1.87. The molecular formula is C13H14FNO3. The standard InChI is InChI=1S/C13H14FNO3/c1-8-9(13(4-5-13)15-7-16)6-10(14)12(18-3)11(8)17-2/h6H,4-5H2,1-3H3. The van der Waals surface area contributed by atoms with E-state index in [0.29, 0.717) is 11.3 Å². The van der Waals surface area contributed by atoms with Crippen molar-refractivity contribution in [2.24, 2.45) is 4.99 Å². The van der Waals surface area contributed by atoms with Crippen LogP contribution in [0.25, 0.3) is 0 Å². The molecule has 0 saturated heterocycles. The molecule has 1 aromatic rings. The van der Waals surface area contributed by atoms with Crippen molar-refractivity contribution in [2.45, 2.75) is 25.3 Å². The summed E-state index contributed by atoms with van der Waals surface area (Å²) >= 11 is 0. The van der Waals surface area contributed by atoms with Gasteiger partial charge in [0.2, 0.25) is 6.08 Å². The molecule has 5 heteroatoms. The first-order chi connectivity index (χ1) is 8.59. The third-order valence-corrected chi connectivity index (χ3v) is 3.33. The smallest absolute Gasteiger partial charge is 0.235 e. The van der Waals surface area contributed by atoms with Crippen molar-refractivity contribution in [2.75, 3.05) is 14.2 Å². The van der Waals surface area contributed by atoms with Crippen molar-refractivity contribution in [1.82, 2.24) is 0 Å². The average Bonchev–Trinajstić information content (AvgIpc) is 3.12. The molecule has 0 spiro atoms. The van der Waals surface area contributed by atoms with Gasteiger partial charge in [0.25, 0.3) is 0 Å². The highest BCUT2D eigenvalue weighted by atomic mass is 19.1. The van der Waals surface area contributed by atoms with E-state index < -0.39 is 11.4 Å². The summed E-state index contributed by atoms with van der Waals surface area (Å²) in [7, 11) is 2.84. The van der Waals surface area contributed by atoms with Crippen molar-refractivity contribution < 1.29 is 18.7 Å². The minimum absolute atomic E-state index is 0.0737. The van der Waals surface area contributed by atoms with Crippen LogP contribution in [0.4, 0.5) is 4.39 Å². The zero-order valence-corrected chi connectivity index (χ0v) is 10.5. The molecule has 1 aliphatic carbocycles. The number of carbonyl (C=O) groups excluding carboxylic acids is 1. The fourth-order valence-corrected chi connectivity index (χ4v) is 2.27. The van der Waals surface area contributed by atoms with Gasteiger partial charge in [-0.1, -0.05) is 0 Å². The molecule has 1 saturated carbocycles. The average molecular weight is 251 g/mol. The minimum Gasteiger partial charge on any atom is -0.492 e. The van der Waals surface area contributed by atoms with Gasteiger partial charge in [0.1, 0.15) is 0 Å². The molecule has 4 nitrogen and oxygen atoms in total. The van der Waals surface area contributed by atoms with Crippen LogP contribution in [0.5, 0.6) is 11.5 Å². The summed E-state index contributed by atoms with van der Waals surface area (Å²) in [6.07, 6.45) is 3.00. The zero-order valence-electron chi connectivity index (χ0n) is 10.5. The number of nitrogens with zero attached hydrogens (tertiary/aromatic N) is 1. The van der Waals surface area contributed by atoms with Gasteiger partial charge in [-0.25, -0.2) is 9.18 Å². The van der Waals surface area contributed by atoms with E-state index in [9.17, 15) is 9.18 Å². The lowest BCUT2D eigenvalue weighted by Crippen LogP contribution is -2.08. The molecule has 0 bridgehead atoms. The third-order valence-electron chi connectivity index (χ3n) is 3.33. The molecule has 1 aromatic carbocycles. The molecule has 1 fully saturated rings. The van der Waals surface area contributed by atoms with E-state index in [1.807, 2.05) is 0 Å². The minimum atomic E-state index is -0.619. The summed E-state index contributed by atoms with van der Waals surface area (Å²) in [6.45, 7) is 1.80. The van der Waals surface area contributed by atoms with E-state index in [4.69, 9.17) is 9.47 Å². The summed E-state index contributed by atoms with van der Waals surface area (Å²) in [5, 5.41) is 0. The quantitative estimate of drug-likeness (QED) is 0.610. The number of benzene rings is 1. The Morgan fingerprint density at radius 1 is 1.33 bits per heavy atom. The van der Waals surface area contributed by atoms with Gasteiger partial charge < -0.3 is 9.47 Å². The summed E-state index contributed by atoms with van der Waals surface area (Å²) in [6, 6.07) is 1.37. The lowest BCUT2D eigenvalue weighted by Gasteiger charge is -2.18. The van der Waals surface area contributed by atoms with E-state index in [1.165, 1.54) is 20.3 Å². The fraction of sp³-hybridized carbons (Fsp3) is 0.462. The highest BCUT2D eigenvalue weighted by Gasteiger charge is 2.47. The topological polar surface area (TPSA) is 47.9 Å². The van der Waals surface area contributed by atoms with Crippen molar-refractivity contribution >= 4 is 6.08 Å². The van der Waals surface area contributed by atoms with E-state index in [-0.39, 0.29) is 5.75 Å². The predicted molar refractivity (Wildman–Crippen MR) is 63.3 cm³/mol. The maximum atomic E-state index is 13.9. The zero-order chi connectivity index (χ0) is 13.3. The molecule has 0 aromatic heterocycles. The maximum absolute atomic E-state index is 13.9. The Balaban J connectivity index is 2.64. The van der Waals surface area contributed by atoms with E-state index in [0.717, 1.165) is 18.4 Å². The number of rotatable bonds is 4. The first kappa shape index (κ1) is 12.6. The molecular weight excluding hydrogens is 237 g/mol. The Bertz CT molecular complexity index is 532. The highest BCUT2D eigenvalue weighted by Crippen LogP contribution is 2.53. The number of methoxy groups -OCH3 is 2. The van der Waals surface area contributed by atoms with E-state index in [1.54, 1.807) is 13.0 Å². The van der Waals surface area contributed by atoms with Crippen molar-refractivity contribution in [3.63, 3.8) is 0 Å². The van der Waals surface area contributed by atoms with Crippen LogP contribution < -0.4 is 9.47 Å². The second-order valence-electron chi connectivity index (χ2n) is 4.33. The second-order valence-corrected chi connectivity index (χ2v) is 4.33. The van der Waals surface area contributed by atoms with Crippen LogP contribution in [0.1, 0.15) is 24.0 Å². The van der Waals surface area contributed by atoms with Crippen LogP contribution in [-0.4, -0.2) is 20.3 Å². The predicted octanol–water partition coefficient (Wildman–Crippen LogP) is 2.48. The van der Waals surface area contributed by atoms with Gasteiger partial charge in [-0.2, -0.15) is 4.99 Å². The first-order valence-corrected chi connectivity index (χ1v) is 5.60. The Morgan fingerprint density at radius 2 is 1.94 bits per heavy atom. The largest absolute Gasteiger partial charge is 0.492 e. The van der Waals surface area contributed by atoms with Crippen LogP contribution in [0.2, 0.25) is 0 Å². The van der Waals surface area contributed by atoms with E-state index >= 15 is 0 Å². The van der Waals surface area contributed by atoms with Gasteiger partial charge in [-0.05, 0) is 31.4 Å². The molecule has 1 aliphatic rings. The van der Waals surface area contributed by atoms with Crippen molar-refractivity contribution in [1.29, 1.82) is 0 Å². The molecule has 0 unspecified atom stereocenters. The Morgan fingerprint density at radius 3 is 2.39 bits per heavy atom. The molecule has 0 amide bonds. The third kappa shape index (κ3) is 1.77. The number of halogens is 1. The molecule has 0 heterocycles. The van der Waals surface area contributed by atoms with Gasteiger partial charge in [0.15, 0.2) is 17.3 Å². The second kappa shape index (κ2) is 4.42. The Labute approximate surface area is 104 Å². The van der Waals surface area contributed by atoms with Gasteiger partial charge in [-0.15, -0.1) is 0 Å². The lowest BCUT2D eigenvalue weighted by molar-refractivity contribution is 0.334. The molecule has 96 valence electrons. The number of ether oxygens (including phenoxy) is 2. The van der Waals surface area contributed by atoms with Gasteiger partial charge in [0.05, 0.1) is 19.8 Å². The van der Waals surface area contributed by atoms with Gasteiger partial charge >= 0.3 is 0 Å². The highest BCUT2D eigenvalue weighted by molar-refractivity contribution is 5.55. The van der Waals surface area contributed by atoms with Crippen LogP contribution in [0, 0.1) is 12.7 Å². The van der Waals surface area contributed by atoms with Crippen LogP contribution in [0.15, 0.2) is 11.1 Å². The summed E-state index contributed by atoms with van der Waals surface area (Å²) in [4.78, 5) is 14.3. The normalized spacial score (nSPS) is 15.8. The number of isocyanates is 1. The Kier molecular flexibility index (Phi) is 3.09. The van der Waals surface area contributed by atoms with Crippen molar-refractivity contribution in [3.05, 3.63) is 23.0 Å². The molecule has 2 rings (SSSR count). The van der Waals surface area contributed by atoms with Crippen LogP contribution in [0.3, 0.4) is 0 Å². The van der Waals surface area contributed by atoms with Crippen molar-refractivity contribution in [3.8, 4) is 11.5 Å². The molecule has 0 atom stereocenters. The number of hydrogen-bond acceptors (Lipinski definition) is 4. The summed E-state index contributed by atoms with van der Waals surface area (Å²) in [5.74, 6) is -0.0909. The summed E-state index contributed by atoms with van der Waals surface area (Å²) in [5.41, 5.74) is 0.792. The van der Waals surface area contributed by atoms with Crippen LogP contribution in [-0.2, 0) is 10.3 Å². The fourth-order valence-electron chi connectivity index (χ4n) is 2.27.